The van der Waals surface area contributed by atoms with E-state index in [1.807, 2.05) is 55.5 Å². The van der Waals surface area contributed by atoms with Gasteiger partial charge in [-0.05, 0) is 48.4 Å². The molecule has 1 aromatic heterocycles. The molecule has 0 aliphatic heterocycles. The maximum absolute atomic E-state index is 13.3. The van der Waals surface area contributed by atoms with Crippen molar-refractivity contribution in [2.45, 2.75) is 18.5 Å². The molecule has 32 heavy (non-hydrogen) atoms. The Morgan fingerprint density at radius 3 is 2.53 bits per heavy atom. The van der Waals surface area contributed by atoms with E-state index in [9.17, 15) is 9.59 Å². The van der Waals surface area contributed by atoms with E-state index in [0.717, 1.165) is 16.8 Å². The summed E-state index contributed by atoms with van der Waals surface area (Å²) in [5.41, 5.74) is 3.66. The van der Waals surface area contributed by atoms with Gasteiger partial charge >= 0.3 is 0 Å². The van der Waals surface area contributed by atoms with E-state index in [4.69, 9.17) is 5.26 Å². The average molecular weight is 441 g/mol. The Bertz CT molecular complexity index is 1390. The number of para-hydroxylation sites is 2. The third-order valence-electron chi connectivity index (χ3n) is 4.95. The lowest BCUT2D eigenvalue weighted by Gasteiger charge is -2.15. The third kappa shape index (κ3) is 4.56. The van der Waals surface area contributed by atoms with E-state index in [-0.39, 0.29) is 17.2 Å². The Labute approximate surface area is 189 Å². The zero-order chi connectivity index (χ0) is 22.5. The summed E-state index contributed by atoms with van der Waals surface area (Å²) < 4.78 is 1.58. The molecule has 3 aromatic carbocycles. The van der Waals surface area contributed by atoms with Crippen LogP contribution in [0.4, 0.5) is 5.69 Å². The molecule has 158 valence electrons. The number of nitriles is 1. The van der Waals surface area contributed by atoms with Crippen LogP contribution in [0.2, 0.25) is 0 Å². The molecule has 7 heteroatoms. The first-order chi connectivity index (χ1) is 15.6. The van der Waals surface area contributed by atoms with Gasteiger partial charge in [-0.15, -0.1) is 0 Å². The van der Waals surface area contributed by atoms with E-state index in [0.29, 0.717) is 28.2 Å². The summed E-state index contributed by atoms with van der Waals surface area (Å²) in [4.78, 5) is 30.5. The van der Waals surface area contributed by atoms with Crippen LogP contribution in [0.15, 0.2) is 82.7 Å². The summed E-state index contributed by atoms with van der Waals surface area (Å²) in [5, 5.41) is 12.6. The summed E-state index contributed by atoms with van der Waals surface area (Å²) in [6, 6.07) is 24.1. The monoisotopic (exact) mass is 440 g/mol. The lowest BCUT2D eigenvalue weighted by atomic mass is 10.1. The number of hydrogen-bond acceptors (Lipinski definition) is 5. The highest BCUT2D eigenvalue weighted by atomic mass is 32.2. The number of carbonyl (C=O) groups is 1. The van der Waals surface area contributed by atoms with Crippen molar-refractivity contribution in [3.8, 4) is 11.8 Å². The highest BCUT2D eigenvalue weighted by Crippen LogP contribution is 2.23. The first-order valence-corrected chi connectivity index (χ1v) is 11.0. The fraction of sp³-hybridized carbons (Fsp3) is 0.120. The molecular formula is C25H20N4O2S. The second kappa shape index (κ2) is 9.50. The molecule has 1 amide bonds. The van der Waals surface area contributed by atoms with Crippen LogP contribution in [-0.2, 0) is 11.2 Å². The van der Waals surface area contributed by atoms with Crippen molar-refractivity contribution < 1.29 is 4.79 Å². The Kier molecular flexibility index (Phi) is 6.34. The molecular weight excluding hydrogens is 420 g/mol. The predicted molar refractivity (Wildman–Crippen MR) is 127 cm³/mol. The average Bonchev–Trinajstić information content (AvgIpc) is 2.80. The predicted octanol–water partition coefficient (Wildman–Crippen LogP) is 4.49. The van der Waals surface area contributed by atoms with Crippen LogP contribution in [0.3, 0.4) is 0 Å². The van der Waals surface area contributed by atoms with Gasteiger partial charge < -0.3 is 5.32 Å². The molecule has 0 saturated carbocycles. The van der Waals surface area contributed by atoms with Crippen LogP contribution >= 0.6 is 11.8 Å². The Hall–Kier alpha value is -3.89. The minimum absolute atomic E-state index is 0.0939. The summed E-state index contributed by atoms with van der Waals surface area (Å²) in [5.74, 6) is -0.113. The van der Waals surface area contributed by atoms with Gasteiger partial charge in [0.15, 0.2) is 5.16 Å². The second-order valence-corrected chi connectivity index (χ2v) is 8.15. The van der Waals surface area contributed by atoms with E-state index < -0.39 is 0 Å². The minimum atomic E-state index is -0.207. The van der Waals surface area contributed by atoms with Crippen molar-refractivity contribution in [3.05, 3.63) is 94.3 Å². The van der Waals surface area contributed by atoms with Crippen molar-refractivity contribution in [2.24, 2.45) is 0 Å². The Morgan fingerprint density at radius 2 is 1.78 bits per heavy atom. The van der Waals surface area contributed by atoms with Crippen LogP contribution in [-0.4, -0.2) is 21.2 Å². The molecule has 0 radical (unpaired) electrons. The molecule has 1 heterocycles. The Morgan fingerprint density at radius 1 is 1.06 bits per heavy atom. The zero-order valence-electron chi connectivity index (χ0n) is 17.4. The minimum Gasteiger partial charge on any atom is -0.325 e. The number of aryl methyl sites for hydroxylation is 1. The molecule has 0 aliphatic rings. The van der Waals surface area contributed by atoms with E-state index in [2.05, 4.69) is 16.4 Å². The van der Waals surface area contributed by atoms with Gasteiger partial charge in [-0.25, -0.2) is 4.98 Å². The van der Waals surface area contributed by atoms with Crippen molar-refractivity contribution in [1.29, 1.82) is 5.26 Å². The van der Waals surface area contributed by atoms with Gasteiger partial charge in [0.2, 0.25) is 5.91 Å². The molecule has 0 saturated heterocycles. The number of rotatable bonds is 6. The fourth-order valence-corrected chi connectivity index (χ4v) is 4.17. The number of nitrogens with zero attached hydrogens (tertiary/aromatic N) is 3. The maximum atomic E-state index is 13.3. The molecule has 4 aromatic rings. The van der Waals surface area contributed by atoms with Gasteiger partial charge in [0, 0.05) is 5.69 Å². The number of hydrogen-bond donors (Lipinski definition) is 1. The molecule has 1 N–H and O–H groups in total. The van der Waals surface area contributed by atoms with Crippen molar-refractivity contribution in [3.63, 3.8) is 0 Å². The first-order valence-electron chi connectivity index (χ1n) is 10.0. The van der Waals surface area contributed by atoms with Gasteiger partial charge in [0.25, 0.3) is 5.56 Å². The topological polar surface area (TPSA) is 87.8 Å². The SMILES string of the molecule is Cc1ccccc1-n1c(SCC(=O)Nc2ccc(CC#N)cc2)nc2ccccc2c1=O. The summed E-state index contributed by atoms with van der Waals surface area (Å²) in [6.45, 7) is 1.94. The smallest absolute Gasteiger partial charge is 0.266 e. The van der Waals surface area contributed by atoms with Gasteiger partial charge in [-0.2, -0.15) is 5.26 Å². The second-order valence-electron chi connectivity index (χ2n) is 7.21. The molecule has 0 fully saturated rings. The number of nitrogens with one attached hydrogen (secondary N) is 1. The van der Waals surface area contributed by atoms with Gasteiger partial charge in [-0.1, -0.05) is 54.2 Å². The lowest BCUT2D eigenvalue weighted by molar-refractivity contribution is -0.113. The molecule has 0 unspecified atom stereocenters. The normalized spacial score (nSPS) is 10.6. The Balaban J connectivity index is 1.61. The highest BCUT2D eigenvalue weighted by molar-refractivity contribution is 7.99. The third-order valence-corrected chi connectivity index (χ3v) is 5.89. The van der Waals surface area contributed by atoms with Gasteiger partial charge in [0.05, 0.1) is 34.8 Å². The van der Waals surface area contributed by atoms with Crippen LogP contribution < -0.4 is 10.9 Å². The quantitative estimate of drug-likeness (QED) is 0.353. The first kappa shape index (κ1) is 21.3. The highest BCUT2D eigenvalue weighted by Gasteiger charge is 2.16. The van der Waals surface area contributed by atoms with Crippen molar-refractivity contribution in [1.82, 2.24) is 9.55 Å². The summed E-state index contributed by atoms with van der Waals surface area (Å²) >= 11 is 1.21. The van der Waals surface area contributed by atoms with E-state index in [1.54, 1.807) is 28.8 Å². The number of thioether (sulfide) groups is 1. The number of amides is 1. The number of fused-ring (bicyclic) bond motifs is 1. The maximum Gasteiger partial charge on any atom is 0.266 e. The summed E-state index contributed by atoms with van der Waals surface area (Å²) in [7, 11) is 0. The van der Waals surface area contributed by atoms with E-state index >= 15 is 0 Å². The number of benzene rings is 3. The molecule has 0 aliphatic carbocycles. The number of anilines is 1. The number of aromatic nitrogens is 2. The van der Waals surface area contributed by atoms with Crippen molar-refractivity contribution in [2.75, 3.05) is 11.1 Å². The molecule has 6 nitrogen and oxygen atoms in total. The van der Waals surface area contributed by atoms with Gasteiger partial charge in [-0.3, -0.25) is 14.2 Å². The molecule has 0 atom stereocenters. The summed E-state index contributed by atoms with van der Waals surface area (Å²) in [6.07, 6.45) is 0.328. The molecule has 0 bridgehead atoms. The molecule has 0 spiro atoms. The van der Waals surface area contributed by atoms with Crippen molar-refractivity contribution >= 4 is 34.3 Å². The van der Waals surface area contributed by atoms with Crippen LogP contribution in [0.5, 0.6) is 0 Å². The van der Waals surface area contributed by atoms with Crippen LogP contribution in [0.1, 0.15) is 11.1 Å². The largest absolute Gasteiger partial charge is 0.325 e. The standard InChI is InChI=1S/C25H20N4O2S/c1-17-6-2-5-9-22(17)29-24(31)20-7-3-4-8-21(20)28-25(29)32-16-23(30)27-19-12-10-18(11-13-19)14-15-26/h2-13H,14,16H2,1H3,(H,27,30). The zero-order valence-corrected chi connectivity index (χ0v) is 18.2. The fourth-order valence-electron chi connectivity index (χ4n) is 3.36. The number of carbonyl (C=O) groups excluding carboxylic acids is 1. The van der Waals surface area contributed by atoms with Gasteiger partial charge in [0.1, 0.15) is 0 Å². The molecule has 4 rings (SSSR count). The van der Waals surface area contributed by atoms with Crippen LogP contribution in [0.25, 0.3) is 16.6 Å². The van der Waals surface area contributed by atoms with Crippen LogP contribution in [0, 0.1) is 18.3 Å². The van der Waals surface area contributed by atoms with E-state index in [1.165, 1.54) is 11.8 Å². The lowest BCUT2D eigenvalue weighted by Crippen LogP contribution is -2.23.